The molecule has 1 aliphatic rings. The summed E-state index contributed by atoms with van der Waals surface area (Å²) >= 11 is 6.12. The van der Waals surface area contributed by atoms with Gasteiger partial charge in [-0.15, -0.1) is 0 Å². The molecule has 0 aliphatic carbocycles. The summed E-state index contributed by atoms with van der Waals surface area (Å²) in [4.78, 5) is 26.6. The number of anilines is 2. The van der Waals surface area contributed by atoms with E-state index in [0.29, 0.717) is 31.3 Å². The first-order valence-electron chi connectivity index (χ1n) is 9.99. The molecule has 0 spiro atoms. The van der Waals surface area contributed by atoms with Gasteiger partial charge in [-0.3, -0.25) is 14.5 Å². The fraction of sp³-hybridized carbons (Fsp3) is 0.364. The Morgan fingerprint density at radius 3 is 2.43 bits per heavy atom. The molecule has 1 atom stereocenters. The molecular weight excluding hydrogens is 404 g/mol. The first-order chi connectivity index (χ1) is 14.5. The molecule has 3 N–H and O–H groups in total. The van der Waals surface area contributed by atoms with Crippen LogP contribution in [0.15, 0.2) is 48.5 Å². The second-order valence-corrected chi connectivity index (χ2v) is 7.60. The Labute approximate surface area is 181 Å². The Kier molecular flexibility index (Phi) is 8.07. The molecule has 1 heterocycles. The number of nitrogens with one attached hydrogen (secondary N) is 3. The fourth-order valence-electron chi connectivity index (χ4n) is 3.11. The Balaban J connectivity index is 1.44. The van der Waals surface area contributed by atoms with Gasteiger partial charge in [0.1, 0.15) is 6.04 Å². The summed E-state index contributed by atoms with van der Waals surface area (Å²) in [6.07, 6.45) is 0. The van der Waals surface area contributed by atoms with Crippen LogP contribution in [0.5, 0.6) is 0 Å². The lowest BCUT2D eigenvalue weighted by Crippen LogP contribution is -2.41. The molecule has 3 rings (SSSR count). The summed E-state index contributed by atoms with van der Waals surface area (Å²) in [5.41, 5.74) is 2.38. The Bertz CT molecular complexity index is 854. The number of hydrogen-bond acceptors (Lipinski definition) is 5. The zero-order chi connectivity index (χ0) is 21.3. The van der Waals surface area contributed by atoms with Crippen LogP contribution in [0, 0.1) is 0 Å². The van der Waals surface area contributed by atoms with Crippen molar-refractivity contribution in [2.24, 2.45) is 0 Å². The van der Waals surface area contributed by atoms with Crippen LogP contribution in [0.1, 0.15) is 12.5 Å². The molecule has 2 amide bonds. The van der Waals surface area contributed by atoms with Gasteiger partial charge in [0.15, 0.2) is 0 Å². The summed E-state index contributed by atoms with van der Waals surface area (Å²) in [6.45, 7) is 5.39. The van der Waals surface area contributed by atoms with Crippen molar-refractivity contribution in [3.8, 4) is 0 Å². The Hall–Kier alpha value is -2.61. The van der Waals surface area contributed by atoms with Gasteiger partial charge in [0.2, 0.25) is 11.8 Å². The minimum absolute atomic E-state index is 0.0510. The van der Waals surface area contributed by atoms with Crippen molar-refractivity contribution in [2.45, 2.75) is 19.5 Å². The van der Waals surface area contributed by atoms with Crippen LogP contribution in [-0.2, 0) is 20.9 Å². The van der Waals surface area contributed by atoms with Crippen LogP contribution in [0.25, 0.3) is 0 Å². The van der Waals surface area contributed by atoms with Gasteiger partial charge < -0.3 is 20.7 Å². The van der Waals surface area contributed by atoms with Gasteiger partial charge in [-0.05, 0) is 42.8 Å². The third-order valence-electron chi connectivity index (χ3n) is 4.83. The largest absolute Gasteiger partial charge is 0.379 e. The van der Waals surface area contributed by atoms with Crippen molar-refractivity contribution in [1.29, 1.82) is 0 Å². The number of rotatable bonds is 8. The minimum atomic E-state index is -0.422. The molecule has 30 heavy (non-hydrogen) atoms. The van der Waals surface area contributed by atoms with E-state index in [9.17, 15) is 9.59 Å². The molecule has 8 heteroatoms. The predicted octanol–water partition coefficient (Wildman–Crippen LogP) is 2.73. The topological polar surface area (TPSA) is 82.7 Å². The molecule has 2 aromatic carbocycles. The average molecular weight is 431 g/mol. The molecular formula is C22H27ClN4O3. The summed E-state index contributed by atoms with van der Waals surface area (Å²) < 4.78 is 5.29. The highest BCUT2D eigenvalue weighted by Gasteiger charge is 2.15. The number of morpholine rings is 1. The Morgan fingerprint density at radius 1 is 1.07 bits per heavy atom. The lowest BCUT2D eigenvalue weighted by molar-refractivity contribution is -0.121. The number of ether oxygens (including phenoxy) is 1. The summed E-state index contributed by atoms with van der Waals surface area (Å²) in [5.74, 6) is -0.178. The van der Waals surface area contributed by atoms with Crippen molar-refractivity contribution in [1.82, 2.24) is 10.2 Å². The lowest BCUT2D eigenvalue weighted by atomic mass is 10.2. The summed E-state index contributed by atoms with van der Waals surface area (Å²) in [7, 11) is 0. The van der Waals surface area contributed by atoms with Gasteiger partial charge in [0, 0.05) is 36.0 Å². The molecule has 1 fully saturated rings. The van der Waals surface area contributed by atoms with Crippen molar-refractivity contribution in [3.05, 3.63) is 59.1 Å². The molecule has 1 saturated heterocycles. The SMILES string of the molecule is CC(Nc1ccc(NC(=O)CN2CCOCC2)cc1)C(=O)NCc1ccccc1Cl. The van der Waals surface area contributed by atoms with Crippen molar-refractivity contribution in [2.75, 3.05) is 43.5 Å². The maximum absolute atomic E-state index is 12.3. The van der Waals surface area contributed by atoms with Crippen LogP contribution in [0.2, 0.25) is 5.02 Å². The first kappa shape index (κ1) is 22.1. The van der Waals surface area contributed by atoms with Crippen LogP contribution in [0.3, 0.4) is 0 Å². The van der Waals surface area contributed by atoms with E-state index in [4.69, 9.17) is 16.3 Å². The van der Waals surface area contributed by atoms with Crippen LogP contribution in [0.4, 0.5) is 11.4 Å². The molecule has 7 nitrogen and oxygen atoms in total. The van der Waals surface area contributed by atoms with Crippen molar-refractivity contribution < 1.29 is 14.3 Å². The number of carbonyl (C=O) groups is 2. The first-order valence-corrected chi connectivity index (χ1v) is 10.4. The van der Waals surface area contributed by atoms with E-state index in [0.717, 1.165) is 30.0 Å². The summed E-state index contributed by atoms with van der Waals surface area (Å²) in [6, 6.07) is 14.3. The molecule has 0 saturated carbocycles. The quantitative estimate of drug-likeness (QED) is 0.599. The third-order valence-corrected chi connectivity index (χ3v) is 5.20. The minimum Gasteiger partial charge on any atom is -0.379 e. The Morgan fingerprint density at radius 2 is 1.73 bits per heavy atom. The number of benzene rings is 2. The number of hydrogen-bond donors (Lipinski definition) is 3. The van der Waals surface area contributed by atoms with Crippen LogP contribution < -0.4 is 16.0 Å². The highest BCUT2D eigenvalue weighted by Crippen LogP contribution is 2.16. The standard InChI is InChI=1S/C22H27ClN4O3/c1-16(22(29)24-14-17-4-2-3-5-20(17)23)25-18-6-8-19(9-7-18)26-21(28)15-27-10-12-30-13-11-27/h2-9,16,25H,10-15H2,1H3,(H,24,29)(H,26,28). The highest BCUT2D eigenvalue weighted by atomic mass is 35.5. The molecule has 0 bridgehead atoms. The number of amides is 2. The molecule has 0 radical (unpaired) electrons. The summed E-state index contributed by atoms with van der Waals surface area (Å²) in [5, 5.41) is 9.56. The van der Waals surface area contributed by atoms with Gasteiger partial charge in [-0.1, -0.05) is 29.8 Å². The molecule has 2 aromatic rings. The van der Waals surface area contributed by atoms with E-state index in [1.54, 1.807) is 13.0 Å². The number of halogens is 1. The highest BCUT2D eigenvalue weighted by molar-refractivity contribution is 6.31. The average Bonchev–Trinajstić information content (AvgIpc) is 2.75. The fourth-order valence-corrected chi connectivity index (χ4v) is 3.31. The van der Waals surface area contributed by atoms with Gasteiger partial charge in [-0.2, -0.15) is 0 Å². The van der Waals surface area contributed by atoms with E-state index in [1.165, 1.54) is 0 Å². The van der Waals surface area contributed by atoms with Gasteiger partial charge >= 0.3 is 0 Å². The smallest absolute Gasteiger partial charge is 0.242 e. The lowest BCUT2D eigenvalue weighted by Gasteiger charge is -2.25. The van der Waals surface area contributed by atoms with Crippen LogP contribution in [-0.4, -0.2) is 55.6 Å². The third kappa shape index (κ3) is 6.73. The normalized spacial score (nSPS) is 15.3. The van der Waals surface area contributed by atoms with E-state index in [-0.39, 0.29) is 11.8 Å². The number of carbonyl (C=O) groups excluding carboxylic acids is 2. The second-order valence-electron chi connectivity index (χ2n) is 7.19. The van der Waals surface area contributed by atoms with Crippen molar-refractivity contribution >= 4 is 34.8 Å². The number of nitrogens with zero attached hydrogens (tertiary/aromatic N) is 1. The maximum atomic E-state index is 12.3. The predicted molar refractivity (Wildman–Crippen MR) is 119 cm³/mol. The molecule has 0 aromatic heterocycles. The van der Waals surface area contributed by atoms with E-state index in [1.807, 2.05) is 42.5 Å². The second kappa shape index (κ2) is 11.0. The van der Waals surface area contributed by atoms with Crippen molar-refractivity contribution in [3.63, 3.8) is 0 Å². The van der Waals surface area contributed by atoms with Gasteiger partial charge in [0.05, 0.1) is 19.8 Å². The van der Waals surface area contributed by atoms with E-state index >= 15 is 0 Å². The zero-order valence-corrected chi connectivity index (χ0v) is 17.7. The maximum Gasteiger partial charge on any atom is 0.242 e. The zero-order valence-electron chi connectivity index (χ0n) is 17.0. The van der Waals surface area contributed by atoms with E-state index in [2.05, 4.69) is 20.9 Å². The molecule has 160 valence electrons. The van der Waals surface area contributed by atoms with Gasteiger partial charge in [0.25, 0.3) is 0 Å². The van der Waals surface area contributed by atoms with E-state index < -0.39 is 6.04 Å². The molecule has 1 aliphatic heterocycles. The monoisotopic (exact) mass is 430 g/mol. The van der Waals surface area contributed by atoms with Gasteiger partial charge in [-0.25, -0.2) is 0 Å². The van der Waals surface area contributed by atoms with Crippen LogP contribution >= 0.6 is 11.6 Å². The molecule has 1 unspecified atom stereocenters.